The number of hydrogen-bond donors (Lipinski definition) is 0. The van der Waals surface area contributed by atoms with E-state index in [2.05, 4.69) is 16.6 Å². The maximum atomic E-state index is 5.25. The van der Waals surface area contributed by atoms with Crippen molar-refractivity contribution in [1.82, 2.24) is 4.98 Å². The van der Waals surface area contributed by atoms with E-state index in [-0.39, 0.29) is 0 Å². The first-order valence-corrected chi connectivity index (χ1v) is 3.21. The van der Waals surface area contributed by atoms with Gasteiger partial charge in [0.05, 0.1) is 12.4 Å². The van der Waals surface area contributed by atoms with Crippen LogP contribution in [-0.4, -0.2) is 11.2 Å². The Labute approximate surface area is 64.1 Å². The van der Waals surface area contributed by atoms with Gasteiger partial charge in [-0.1, -0.05) is 6.58 Å². The zero-order chi connectivity index (χ0) is 7.68. The number of allylic oxidation sites excluding steroid dienone is 1. The Kier molecular flexibility index (Phi) is 1.22. The molecule has 2 heterocycles. The quantitative estimate of drug-likeness (QED) is 0.558. The number of aromatic nitrogens is 1. The second-order valence-corrected chi connectivity index (χ2v) is 2.17. The van der Waals surface area contributed by atoms with Crippen molar-refractivity contribution in [2.45, 2.75) is 0 Å². The van der Waals surface area contributed by atoms with E-state index in [1.807, 2.05) is 0 Å². The Bertz CT molecular complexity index is 331. The predicted molar refractivity (Wildman–Crippen MR) is 42.2 cm³/mol. The summed E-state index contributed by atoms with van der Waals surface area (Å²) in [5.41, 5.74) is 0.750. The van der Waals surface area contributed by atoms with Gasteiger partial charge in [0.15, 0.2) is 5.75 Å². The molecule has 0 saturated heterocycles. The number of aliphatic imine (C=N–C) groups is 1. The normalized spacial score (nSPS) is 14.0. The van der Waals surface area contributed by atoms with Gasteiger partial charge in [-0.05, 0) is 0 Å². The lowest BCUT2D eigenvalue weighted by atomic mass is 10.3. The highest BCUT2D eigenvalue weighted by Gasteiger charge is 2.07. The minimum Gasteiger partial charge on any atom is -0.454 e. The molecule has 0 bridgehead atoms. The minimum absolute atomic E-state index is 0.559. The smallest absolute Gasteiger partial charge is 0.156 e. The van der Waals surface area contributed by atoms with Crippen molar-refractivity contribution >= 4 is 11.9 Å². The lowest BCUT2D eigenvalue weighted by Gasteiger charge is -2.10. The third-order valence-corrected chi connectivity index (χ3v) is 1.35. The molecule has 0 N–H and O–H groups in total. The Morgan fingerprint density at radius 3 is 3.27 bits per heavy atom. The number of nitrogens with zero attached hydrogens (tertiary/aromatic N) is 2. The molecule has 3 heteroatoms. The summed E-state index contributed by atoms with van der Waals surface area (Å²) in [5, 5.41) is 0. The van der Waals surface area contributed by atoms with Crippen LogP contribution >= 0.6 is 0 Å². The minimum atomic E-state index is 0.559. The van der Waals surface area contributed by atoms with Gasteiger partial charge in [0.1, 0.15) is 11.4 Å². The first-order chi connectivity index (χ1) is 5.36. The second kappa shape index (κ2) is 2.20. The molecule has 0 unspecified atom stereocenters. The molecule has 1 aliphatic rings. The fourth-order valence-corrected chi connectivity index (χ4v) is 0.866. The molecule has 0 fully saturated rings. The first kappa shape index (κ1) is 6.09. The van der Waals surface area contributed by atoms with Crippen molar-refractivity contribution in [1.29, 1.82) is 0 Å². The van der Waals surface area contributed by atoms with Crippen LogP contribution in [0.2, 0.25) is 0 Å². The Hall–Kier alpha value is -1.64. The molecule has 0 aliphatic carbocycles. The van der Waals surface area contributed by atoms with Crippen LogP contribution in [0.5, 0.6) is 5.75 Å². The van der Waals surface area contributed by atoms with Gasteiger partial charge in [0.2, 0.25) is 0 Å². The van der Waals surface area contributed by atoms with Gasteiger partial charge < -0.3 is 4.74 Å². The first-order valence-electron chi connectivity index (χ1n) is 3.21. The van der Waals surface area contributed by atoms with Crippen molar-refractivity contribution in [2.24, 2.45) is 4.99 Å². The second-order valence-electron chi connectivity index (χ2n) is 2.17. The maximum Gasteiger partial charge on any atom is 0.156 e. The molecule has 0 atom stereocenters. The van der Waals surface area contributed by atoms with Crippen LogP contribution in [0.1, 0.15) is 0 Å². The van der Waals surface area contributed by atoms with E-state index in [0.29, 0.717) is 11.5 Å². The maximum absolute atomic E-state index is 5.25. The van der Waals surface area contributed by atoms with Crippen molar-refractivity contribution in [3.8, 4) is 5.75 Å². The van der Waals surface area contributed by atoms with Crippen molar-refractivity contribution in [3.05, 3.63) is 30.8 Å². The van der Waals surface area contributed by atoms with Crippen LogP contribution in [0.15, 0.2) is 35.8 Å². The van der Waals surface area contributed by atoms with Crippen molar-refractivity contribution in [2.75, 3.05) is 0 Å². The number of pyridine rings is 1. The van der Waals surface area contributed by atoms with Gasteiger partial charge >= 0.3 is 0 Å². The van der Waals surface area contributed by atoms with Crippen LogP contribution < -0.4 is 4.74 Å². The average Bonchev–Trinajstić information content (AvgIpc) is 2.04. The van der Waals surface area contributed by atoms with E-state index < -0.39 is 0 Å². The van der Waals surface area contributed by atoms with Crippen LogP contribution in [0.25, 0.3) is 0 Å². The van der Waals surface area contributed by atoms with Gasteiger partial charge in [-0.3, -0.25) is 4.98 Å². The molecule has 0 radical (unpaired) electrons. The third-order valence-electron chi connectivity index (χ3n) is 1.35. The highest BCUT2D eigenvalue weighted by molar-refractivity contribution is 5.82. The van der Waals surface area contributed by atoms with Gasteiger partial charge in [0.25, 0.3) is 0 Å². The van der Waals surface area contributed by atoms with E-state index in [9.17, 15) is 0 Å². The lowest BCUT2D eigenvalue weighted by Crippen LogP contribution is -1.99. The zero-order valence-electron chi connectivity index (χ0n) is 5.82. The van der Waals surface area contributed by atoms with Crippen LogP contribution in [-0.2, 0) is 0 Å². The number of fused-ring (bicyclic) bond motifs is 1. The summed E-state index contributed by atoms with van der Waals surface area (Å²) in [6, 6.07) is 1.76. The SMILES string of the molecule is C=C1C=Nc2cnccc2O1. The summed E-state index contributed by atoms with van der Waals surface area (Å²) in [4.78, 5) is 7.96. The summed E-state index contributed by atoms with van der Waals surface area (Å²) in [7, 11) is 0. The highest BCUT2D eigenvalue weighted by Crippen LogP contribution is 2.29. The predicted octanol–water partition coefficient (Wildman–Crippen LogP) is 1.69. The van der Waals surface area contributed by atoms with Crippen molar-refractivity contribution in [3.63, 3.8) is 0 Å². The molecule has 11 heavy (non-hydrogen) atoms. The molecule has 0 amide bonds. The fraction of sp³-hybridized carbons (Fsp3) is 0. The average molecular weight is 146 g/mol. The van der Waals surface area contributed by atoms with Crippen molar-refractivity contribution < 1.29 is 4.74 Å². The van der Waals surface area contributed by atoms with E-state index in [1.54, 1.807) is 24.7 Å². The summed E-state index contributed by atoms with van der Waals surface area (Å²) in [5.74, 6) is 1.27. The topological polar surface area (TPSA) is 34.5 Å². The zero-order valence-corrected chi connectivity index (χ0v) is 5.82. The van der Waals surface area contributed by atoms with Crippen LogP contribution in [0.4, 0.5) is 5.69 Å². The molecule has 0 spiro atoms. The van der Waals surface area contributed by atoms with Gasteiger partial charge in [-0.15, -0.1) is 0 Å². The molecular weight excluding hydrogens is 140 g/mol. The molecule has 3 nitrogen and oxygen atoms in total. The lowest BCUT2D eigenvalue weighted by molar-refractivity contribution is 0.455. The van der Waals surface area contributed by atoms with Gasteiger partial charge in [-0.2, -0.15) is 0 Å². The molecule has 0 aromatic carbocycles. The van der Waals surface area contributed by atoms with E-state index >= 15 is 0 Å². The van der Waals surface area contributed by atoms with Gasteiger partial charge in [-0.25, -0.2) is 4.99 Å². The summed E-state index contributed by atoms with van der Waals surface area (Å²) >= 11 is 0. The molecule has 1 aromatic rings. The fourth-order valence-electron chi connectivity index (χ4n) is 0.866. The monoisotopic (exact) mass is 146 g/mol. The van der Waals surface area contributed by atoms with Crippen LogP contribution in [0.3, 0.4) is 0 Å². The summed E-state index contributed by atoms with van der Waals surface area (Å²) < 4.78 is 5.25. The van der Waals surface area contributed by atoms with E-state index in [4.69, 9.17) is 4.74 Å². The van der Waals surface area contributed by atoms with Gasteiger partial charge in [0, 0.05) is 12.3 Å². The largest absolute Gasteiger partial charge is 0.454 e. The molecule has 1 aliphatic heterocycles. The molecule has 0 saturated carbocycles. The number of hydrogen-bond acceptors (Lipinski definition) is 3. The Morgan fingerprint density at radius 2 is 2.36 bits per heavy atom. The van der Waals surface area contributed by atoms with E-state index in [1.165, 1.54) is 0 Å². The number of rotatable bonds is 0. The third kappa shape index (κ3) is 1.00. The molecule has 54 valence electrons. The molecule has 1 aromatic heterocycles. The van der Waals surface area contributed by atoms with Crippen LogP contribution in [0, 0.1) is 0 Å². The Morgan fingerprint density at radius 1 is 1.45 bits per heavy atom. The van der Waals surface area contributed by atoms with E-state index in [0.717, 1.165) is 5.69 Å². The Balaban J connectivity index is 2.54. The number of ether oxygens (including phenoxy) is 1. The summed E-state index contributed by atoms with van der Waals surface area (Å²) in [6.07, 6.45) is 4.88. The molecular formula is C8H6N2O. The summed E-state index contributed by atoms with van der Waals surface area (Å²) in [6.45, 7) is 3.62. The standard InChI is InChI=1S/C8H6N2O/c1-6-4-10-7-5-9-3-2-8(7)11-6/h2-5H,1H2. The molecule has 2 rings (SSSR count). The highest BCUT2D eigenvalue weighted by atomic mass is 16.5.